The van der Waals surface area contributed by atoms with Gasteiger partial charge in [-0.3, -0.25) is 4.79 Å². The maximum atomic E-state index is 12.2. The normalized spacial score (nSPS) is 25.8. The Kier molecular flexibility index (Phi) is 5.22. The van der Waals surface area contributed by atoms with Crippen molar-refractivity contribution >= 4 is 5.91 Å². The van der Waals surface area contributed by atoms with Gasteiger partial charge in [-0.05, 0) is 40.0 Å². The Hall–Kier alpha value is -0.610. The molecule has 0 saturated carbocycles. The minimum Gasteiger partial charge on any atom is -0.395 e. The first-order valence-electron chi connectivity index (χ1n) is 6.23. The molecule has 1 aliphatic heterocycles. The van der Waals surface area contributed by atoms with Crippen molar-refractivity contribution in [2.24, 2.45) is 0 Å². The summed E-state index contributed by atoms with van der Waals surface area (Å²) in [4.78, 5) is 14.0. The largest absolute Gasteiger partial charge is 0.395 e. The van der Waals surface area contributed by atoms with Gasteiger partial charge in [0.1, 0.15) is 0 Å². The van der Waals surface area contributed by atoms with Crippen LogP contribution in [0.2, 0.25) is 0 Å². The number of hydrogen-bond acceptors (Lipinski definition) is 3. The van der Waals surface area contributed by atoms with Crippen LogP contribution in [0.15, 0.2) is 0 Å². The van der Waals surface area contributed by atoms with Gasteiger partial charge >= 0.3 is 0 Å². The van der Waals surface area contributed by atoms with Crippen molar-refractivity contribution in [2.45, 2.75) is 58.2 Å². The molecule has 0 radical (unpaired) electrons. The molecular formula is C12H24N2O2. The van der Waals surface area contributed by atoms with E-state index in [9.17, 15) is 4.79 Å². The number of hydrogen-bond donors (Lipinski definition) is 2. The maximum Gasteiger partial charge on any atom is 0.240 e. The summed E-state index contributed by atoms with van der Waals surface area (Å²) in [5, 5.41) is 12.3. The SMILES string of the molecule is CC1CCCC(C(=O)N(CCO)C(C)C)N1. The standard InChI is InChI=1S/C12H24N2O2/c1-9(2)14(7-8-15)12(16)11-6-4-5-10(3)13-11/h9-11,13,15H,4-8H2,1-3H3. The van der Waals surface area contributed by atoms with E-state index >= 15 is 0 Å². The van der Waals surface area contributed by atoms with E-state index in [0.29, 0.717) is 12.6 Å². The molecule has 1 heterocycles. The summed E-state index contributed by atoms with van der Waals surface area (Å²) in [5.74, 6) is 0.135. The molecule has 2 unspecified atom stereocenters. The Bertz CT molecular complexity index is 231. The zero-order chi connectivity index (χ0) is 12.1. The molecule has 1 aliphatic rings. The zero-order valence-electron chi connectivity index (χ0n) is 10.6. The van der Waals surface area contributed by atoms with Gasteiger partial charge in [-0.1, -0.05) is 0 Å². The molecule has 16 heavy (non-hydrogen) atoms. The number of piperidine rings is 1. The van der Waals surface area contributed by atoms with Gasteiger partial charge in [0.05, 0.1) is 12.6 Å². The van der Waals surface area contributed by atoms with Gasteiger partial charge in [0.2, 0.25) is 5.91 Å². The molecule has 4 nitrogen and oxygen atoms in total. The summed E-state index contributed by atoms with van der Waals surface area (Å²) in [6, 6.07) is 0.516. The molecule has 0 aliphatic carbocycles. The number of rotatable bonds is 4. The summed E-state index contributed by atoms with van der Waals surface area (Å²) in [6.45, 7) is 6.56. The van der Waals surface area contributed by atoms with E-state index in [1.54, 1.807) is 4.90 Å². The number of carbonyl (C=O) groups is 1. The smallest absolute Gasteiger partial charge is 0.240 e. The molecule has 1 amide bonds. The number of nitrogens with zero attached hydrogens (tertiary/aromatic N) is 1. The third-order valence-corrected chi connectivity index (χ3v) is 3.16. The van der Waals surface area contributed by atoms with E-state index in [2.05, 4.69) is 12.2 Å². The van der Waals surface area contributed by atoms with Crippen molar-refractivity contribution in [2.75, 3.05) is 13.2 Å². The summed E-state index contributed by atoms with van der Waals surface area (Å²) in [6.07, 6.45) is 3.17. The quantitative estimate of drug-likeness (QED) is 0.746. The molecule has 1 saturated heterocycles. The Balaban J connectivity index is 2.58. The fourth-order valence-electron chi connectivity index (χ4n) is 2.26. The Labute approximate surface area is 98.0 Å². The van der Waals surface area contributed by atoms with Crippen LogP contribution in [0.1, 0.15) is 40.0 Å². The molecule has 0 aromatic carbocycles. The topological polar surface area (TPSA) is 52.6 Å². The number of amides is 1. The van der Waals surface area contributed by atoms with Crippen molar-refractivity contribution in [3.05, 3.63) is 0 Å². The highest BCUT2D eigenvalue weighted by Crippen LogP contribution is 2.15. The molecule has 1 fully saturated rings. The maximum absolute atomic E-state index is 12.2. The highest BCUT2D eigenvalue weighted by Gasteiger charge is 2.28. The van der Waals surface area contributed by atoms with Crippen LogP contribution in [0, 0.1) is 0 Å². The van der Waals surface area contributed by atoms with Gasteiger partial charge in [-0.2, -0.15) is 0 Å². The van der Waals surface area contributed by atoms with E-state index in [1.165, 1.54) is 0 Å². The van der Waals surface area contributed by atoms with Crippen LogP contribution in [0.5, 0.6) is 0 Å². The van der Waals surface area contributed by atoms with Crippen LogP contribution in [-0.4, -0.2) is 47.2 Å². The van der Waals surface area contributed by atoms with Crippen LogP contribution < -0.4 is 5.32 Å². The minimum absolute atomic E-state index is 0.0339. The molecule has 1 rings (SSSR count). The lowest BCUT2D eigenvalue weighted by atomic mass is 9.98. The highest BCUT2D eigenvalue weighted by atomic mass is 16.3. The fourth-order valence-corrected chi connectivity index (χ4v) is 2.26. The summed E-state index contributed by atoms with van der Waals surface area (Å²) < 4.78 is 0. The molecule has 0 aromatic heterocycles. The van der Waals surface area contributed by atoms with Crippen molar-refractivity contribution in [1.82, 2.24) is 10.2 Å². The van der Waals surface area contributed by atoms with Crippen LogP contribution >= 0.6 is 0 Å². The van der Waals surface area contributed by atoms with E-state index in [1.807, 2.05) is 13.8 Å². The van der Waals surface area contributed by atoms with Gasteiger partial charge < -0.3 is 15.3 Å². The van der Waals surface area contributed by atoms with Gasteiger partial charge in [-0.25, -0.2) is 0 Å². The average Bonchev–Trinajstić information content (AvgIpc) is 2.24. The van der Waals surface area contributed by atoms with E-state index in [0.717, 1.165) is 19.3 Å². The minimum atomic E-state index is -0.0577. The van der Waals surface area contributed by atoms with Crippen molar-refractivity contribution in [3.8, 4) is 0 Å². The van der Waals surface area contributed by atoms with E-state index in [4.69, 9.17) is 5.11 Å². The Morgan fingerprint density at radius 3 is 2.69 bits per heavy atom. The molecule has 0 aromatic rings. The molecule has 2 atom stereocenters. The number of carbonyl (C=O) groups excluding carboxylic acids is 1. The Morgan fingerprint density at radius 1 is 1.50 bits per heavy atom. The Morgan fingerprint density at radius 2 is 2.19 bits per heavy atom. The van der Waals surface area contributed by atoms with Crippen LogP contribution in [0.3, 0.4) is 0 Å². The van der Waals surface area contributed by atoms with Gasteiger partial charge in [-0.15, -0.1) is 0 Å². The third kappa shape index (κ3) is 3.46. The first-order chi connectivity index (χ1) is 7.56. The predicted octanol–water partition coefficient (Wildman–Crippen LogP) is 0.746. The average molecular weight is 228 g/mol. The first-order valence-corrected chi connectivity index (χ1v) is 6.23. The van der Waals surface area contributed by atoms with Gasteiger partial charge in [0.25, 0.3) is 0 Å². The second kappa shape index (κ2) is 6.21. The third-order valence-electron chi connectivity index (χ3n) is 3.16. The molecule has 0 spiro atoms. The summed E-state index contributed by atoms with van der Waals surface area (Å²) >= 11 is 0. The van der Waals surface area contributed by atoms with E-state index < -0.39 is 0 Å². The lowest BCUT2D eigenvalue weighted by Crippen LogP contribution is -2.53. The monoisotopic (exact) mass is 228 g/mol. The molecule has 94 valence electrons. The second-order valence-corrected chi connectivity index (χ2v) is 4.90. The number of nitrogens with one attached hydrogen (secondary N) is 1. The number of aliphatic hydroxyl groups is 1. The van der Waals surface area contributed by atoms with E-state index in [-0.39, 0.29) is 24.6 Å². The zero-order valence-corrected chi connectivity index (χ0v) is 10.6. The van der Waals surface area contributed by atoms with Crippen molar-refractivity contribution in [3.63, 3.8) is 0 Å². The molecule has 2 N–H and O–H groups in total. The first kappa shape index (κ1) is 13.5. The lowest BCUT2D eigenvalue weighted by molar-refractivity contribution is -0.136. The predicted molar refractivity (Wildman–Crippen MR) is 64.2 cm³/mol. The van der Waals surface area contributed by atoms with Crippen molar-refractivity contribution < 1.29 is 9.90 Å². The van der Waals surface area contributed by atoms with Gasteiger partial charge in [0, 0.05) is 18.6 Å². The van der Waals surface area contributed by atoms with Gasteiger partial charge in [0.15, 0.2) is 0 Å². The lowest BCUT2D eigenvalue weighted by Gasteiger charge is -2.34. The summed E-state index contributed by atoms with van der Waals surface area (Å²) in [7, 11) is 0. The van der Waals surface area contributed by atoms with Crippen LogP contribution in [0.25, 0.3) is 0 Å². The number of aliphatic hydroxyl groups excluding tert-OH is 1. The highest BCUT2D eigenvalue weighted by molar-refractivity contribution is 5.82. The molecule has 0 bridgehead atoms. The van der Waals surface area contributed by atoms with Crippen LogP contribution in [0.4, 0.5) is 0 Å². The summed E-state index contributed by atoms with van der Waals surface area (Å²) in [5.41, 5.74) is 0. The molecule has 4 heteroatoms. The molecular weight excluding hydrogens is 204 g/mol. The van der Waals surface area contributed by atoms with Crippen LogP contribution in [-0.2, 0) is 4.79 Å². The fraction of sp³-hybridized carbons (Fsp3) is 0.917. The second-order valence-electron chi connectivity index (χ2n) is 4.90. The van der Waals surface area contributed by atoms with Crippen molar-refractivity contribution in [1.29, 1.82) is 0 Å².